The Balaban J connectivity index is 0.000000461. The predicted octanol–water partition coefficient (Wildman–Crippen LogP) is 2.43. The molecule has 0 saturated heterocycles. The fourth-order valence-corrected chi connectivity index (χ4v) is 1.16. The van der Waals surface area contributed by atoms with Gasteiger partial charge in [-0.05, 0) is 13.8 Å². The lowest BCUT2D eigenvalue weighted by atomic mass is 10.4. The summed E-state index contributed by atoms with van der Waals surface area (Å²) in [5, 5.41) is 0. The van der Waals surface area contributed by atoms with Gasteiger partial charge >= 0.3 is 0 Å². The minimum Gasteiger partial charge on any atom is -0.313 e. The lowest BCUT2D eigenvalue weighted by Crippen LogP contribution is -1.99. The molecule has 76 valence electrons. The normalized spacial score (nSPS) is 10.1. The van der Waals surface area contributed by atoms with E-state index in [9.17, 15) is 0 Å². The van der Waals surface area contributed by atoms with Crippen LogP contribution in [-0.2, 0) is 0 Å². The van der Waals surface area contributed by atoms with Gasteiger partial charge < -0.3 is 4.57 Å². The molecule has 2 rings (SSSR count). The van der Waals surface area contributed by atoms with Crippen molar-refractivity contribution in [1.29, 1.82) is 0 Å². The van der Waals surface area contributed by atoms with Crippen LogP contribution in [0.1, 0.15) is 33.7 Å². The van der Waals surface area contributed by atoms with Gasteiger partial charge in [0.05, 0.1) is 12.5 Å². The third-order valence-corrected chi connectivity index (χ3v) is 1.79. The van der Waals surface area contributed by atoms with E-state index in [2.05, 4.69) is 28.8 Å². The van der Waals surface area contributed by atoms with E-state index in [1.54, 1.807) is 18.9 Å². The quantitative estimate of drug-likeness (QED) is 0.697. The number of fused-ring (bicyclic) bond motifs is 1. The van der Waals surface area contributed by atoms with E-state index >= 15 is 0 Å². The number of aromatic nitrogens is 4. The van der Waals surface area contributed by atoms with Gasteiger partial charge in [0.15, 0.2) is 5.65 Å². The van der Waals surface area contributed by atoms with E-state index in [1.807, 2.05) is 18.4 Å². The van der Waals surface area contributed by atoms with Gasteiger partial charge in [0.1, 0.15) is 11.8 Å². The zero-order valence-corrected chi connectivity index (χ0v) is 9.10. The first-order valence-corrected chi connectivity index (χ1v) is 4.91. The third-order valence-electron chi connectivity index (χ3n) is 1.79. The van der Waals surface area contributed by atoms with E-state index in [4.69, 9.17) is 0 Å². The summed E-state index contributed by atoms with van der Waals surface area (Å²) >= 11 is 0. The Kier molecular flexibility index (Phi) is 3.56. The van der Waals surface area contributed by atoms with Crippen LogP contribution in [0.2, 0.25) is 0 Å². The molecule has 0 amide bonds. The Hall–Kier alpha value is -1.45. The number of hydrogen-bond acceptors (Lipinski definition) is 3. The minimum absolute atomic E-state index is 0.393. The van der Waals surface area contributed by atoms with Crippen LogP contribution in [0.15, 0.2) is 18.9 Å². The van der Waals surface area contributed by atoms with Crippen LogP contribution < -0.4 is 0 Å². The van der Waals surface area contributed by atoms with Gasteiger partial charge in [-0.25, -0.2) is 15.0 Å². The smallest absolute Gasteiger partial charge is 0.163 e. The lowest BCUT2D eigenvalue weighted by molar-refractivity contribution is 0.612. The summed E-state index contributed by atoms with van der Waals surface area (Å²) in [5.74, 6) is 0. The van der Waals surface area contributed by atoms with Gasteiger partial charge in [-0.3, -0.25) is 0 Å². The molecule has 2 aromatic rings. The van der Waals surface area contributed by atoms with Crippen molar-refractivity contribution in [3.05, 3.63) is 18.9 Å². The van der Waals surface area contributed by atoms with Crippen molar-refractivity contribution in [2.45, 2.75) is 33.7 Å². The van der Waals surface area contributed by atoms with Crippen LogP contribution in [0.25, 0.3) is 11.2 Å². The summed E-state index contributed by atoms with van der Waals surface area (Å²) < 4.78 is 2.02. The zero-order valence-electron chi connectivity index (χ0n) is 9.10. The molecule has 0 aliphatic heterocycles. The minimum atomic E-state index is 0.393. The molecule has 0 unspecified atom stereocenters. The summed E-state index contributed by atoms with van der Waals surface area (Å²) in [6, 6.07) is 0.393. The van der Waals surface area contributed by atoms with Crippen LogP contribution in [0.4, 0.5) is 0 Å². The highest BCUT2D eigenvalue weighted by Crippen LogP contribution is 2.12. The molecule has 0 N–H and O–H groups in total. The molecule has 4 nitrogen and oxygen atoms in total. The molecule has 0 saturated carbocycles. The van der Waals surface area contributed by atoms with Gasteiger partial charge in [-0.2, -0.15) is 0 Å². The van der Waals surface area contributed by atoms with Crippen molar-refractivity contribution in [3.63, 3.8) is 0 Å². The van der Waals surface area contributed by atoms with Crippen molar-refractivity contribution in [2.75, 3.05) is 0 Å². The molecule has 0 atom stereocenters. The average Bonchev–Trinajstić information content (AvgIpc) is 2.64. The van der Waals surface area contributed by atoms with Crippen molar-refractivity contribution >= 4 is 11.2 Å². The molecule has 0 fully saturated rings. The first kappa shape index (κ1) is 10.6. The zero-order chi connectivity index (χ0) is 10.6. The second kappa shape index (κ2) is 4.69. The highest BCUT2D eigenvalue weighted by Gasteiger charge is 2.04. The maximum absolute atomic E-state index is 4.18. The standard InChI is InChI=1S/C8H10N4.C2H6/c1-6(2)12-5-11-7-3-9-4-10-8(7)12;1-2/h3-6H,1-2H3;1-2H3. The molecular formula is C10H16N4. The van der Waals surface area contributed by atoms with Crippen molar-refractivity contribution < 1.29 is 0 Å². The second-order valence-electron chi connectivity index (χ2n) is 2.98. The maximum Gasteiger partial charge on any atom is 0.163 e. The highest BCUT2D eigenvalue weighted by atomic mass is 15.1. The van der Waals surface area contributed by atoms with E-state index in [1.165, 1.54) is 0 Å². The lowest BCUT2D eigenvalue weighted by Gasteiger charge is -2.05. The molecule has 14 heavy (non-hydrogen) atoms. The molecule has 2 heterocycles. The Bertz CT molecular complexity index is 392. The van der Waals surface area contributed by atoms with Gasteiger partial charge in [0, 0.05) is 6.04 Å². The molecule has 0 bridgehead atoms. The fraction of sp³-hybridized carbons (Fsp3) is 0.500. The number of nitrogens with zero attached hydrogens (tertiary/aromatic N) is 4. The fourth-order valence-electron chi connectivity index (χ4n) is 1.16. The van der Waals surface area contributed by atoms with Gasteiger partial charge in [0.25, 0.3) is 0 Å². The van der Waals surface area contributed by atoms with Crippen molar-refractivity contribution in [1.82, 2.24) is 19.5 Å². The van der Waals surface area contributed by atoms with Gasteiger partial charge in [0.2, 0.25) is 0 Å². The van der Waals surface area contributed by atoms with Crippen molar-refractivity contribution in [3.8, 4) is 0 Å². The highest BCUT2D eigenvalue weighted by molar-refractivity contribution is 5.68. The maximum atomic E-state index is 4.18. The first-order valence-electron chi connectivity index (χ1n) is 4.91. The number of rotatable bonds is 1. The molecular weight excluding hydrogens is 176 g/mol. The summed E-state index contributed by atoms with van der Waals surface area (Å²) in [4.78, 5) is 12.2. The van der Waals surface area contributed by atoms with Gasteiger partial charge in [-0.1, -0.05) is 13.8 Å². The first-order chi connectivity index (χ1) is 6.79. The second-order valence-corrected chi connectivity index (χ2v) is 2.98. The Morgan fingerprint density at radius 3 is 2.57 bits per heavy atom. The number of imidazole rings is 1. The molecule has 0 aliphatic carbocycles. The molecule has 0 spiro atoms. The van der Waals surface area contributed by atoms with Crippen LogP contribution in [0.5, 0.6) is 0 Å². The third kappa shape index (κ3) is 1.89. The molecule has 0 aromatic carbocycles. The summed E-state index contributed by atoms with van der Waals surface area (Å²) in [6.07, 6.45) is 5.06. The molecule has 4 heteroatoms. The van der Waals surface area contributed by atoms with E-state index in [-0.39, 0.29) is 0 Å². The predicted molar refractivity (Wildman–Crippen MR) is 57.1 cm³/mol. The molecule has 2 aromatic heterocycles. The van der Waals surface area contributed by atoms with E-state index in [0.29, 0.717) is 6.04 Å². The van der Waals surface area contributed by atoms with Gasteiger partial charge in [-0.15, -0.1) is 0 Å². The molecule has 0 aliphatic rings. The summed E-state index contributed by atoms with van der Waals surface area (Å²) in [5.41, 5.74) is 1.76. The summed E-state index contributed by atoms with van der Waals surface area (Å²) in [7, 11) is 0. The Morgan fingerprint density at radius 1 is 1.21 bits per heavy atom. The van der Waals surface area contributed by atoms with Crippen LogP contribution in [0, 0.1) is 0 Å². The van der Waals surface area contributed by atoms with Crippen LogP contribution in [-0.4, -0.2) is 19.5 Å². The number of hydrogen-bond donors (Lipinski definition) is 0. The SMILES string of the molecule is CC.CC(C)n1cnc2cncnc21. The van der Waals surface area contributed by atoms with E-state index < -0.39 is 0 Å². The largest absolute Gasteiger partial charge is 0.313 e. The average molecular weight is 192 g/mol. The van der Waals surface area contributed by atoms with Crippen LogP contribution in [0.3, 0.4) is 0 Å². The van der Waals surface area contributed by atoms with Crippen LogP contribution >= 0.6 is 0 Å². The van der Waals surface area contributed by atoms with Crippen molar-refractivity contribution in [2.24, 2.45) is 0 Å². The summed E-state index contributed by atoms with van der Waals surface area (Å²) in [6.45, 7) is 8.20. The van der Waals surface area contributed by atoms with E-state index in [0.717, 1.165) is 11.2 Å². The monoisotopic (exact) mass is 192 g/mol. The Labute approximate surface area is 84.0 Å². The topological polar surface area (TPSA) is 43.6 Å². The molecule has 0 radical (unpaired) electrons. The Morgan fingerprint density at radius 2 is 1.93 bits per heavy atom.